The van der Waals surface area contributed by atoms with Crippen molar-refractivity contribution in [1.29, 1.82) is 0 Å². The van der Waals surface area contributed by atoms with Crippen molar-refractivity contribution in [1.82, 2.24) is 0 Å². The van der Waals surface area contributed by atoms with Crippen LogP contribution < -0.4 is 5.73 Å². The summed E-state index contributed by atoms with van der Waals surface area (Å²) in [6, 6.07) is 0. The van der Waals surface area contributed by atoms with Crippen LogP contribution in [-0.2, 0) is 9.53 Å². The van der Waals surface area contributed by atoms with Crippen molar-refractivity contribution in [3.05, 3.63) is 0 Å². The van der Waals surface area contributed by atoms with Crippen molar-refractivity contribution in [2.45, 2.75) is 137 Å². The highest BCUT2D eigenvalue weighted by Gasteiger charge is 2.25. The molecule has 0 saturated heterocycles. The Morgan fingerprint density at radius 3 is 1.88 bits per heavy atom. The van der Waals surface area contributed by atoms with Gasteiger partial charge in [0.25, 0.3) is 0 Å². The summed E-state index contributed by atoms with van der Waals surface area (Å²) in [4.78, 5) is 12.2. The van der Waals surface area contributed by atoms with Crippen molar-refractivity contribution in [3.63, 3.8) is 0 Å². The topological polar surface area (TPSA) is 52.3 Å². The Labute approximate surface area is 163 Å². The van der Waals surface area contributed by atoms with Crippen molar-refractivity contribution in [3.8, 4) is 0 Å². The number of carbonyl (C=O) groups is 1. The highest BCUT2D eigenvalue weighted by Crippen LogP contribution is 2.29. The summed E-state index contributed by atoms with van der Waals surface area (Å²) in [5, 5.41) is 0. The second kappa shape index (κ2) is 13.6. The Morgan fingerprint density at radius 2 is 1.42 bits per heavy atom. The second-order valence-electron chi connectivity index (χ2n) is 9.70. The van der Waals surface area contributed by atoms with E-state index in [1.807, 2.05) is 0 Å². The summed E-state index contributed by atoms with van der Waals surface area (Å²) < 4.78 is 5.79. The summed E-state index contributed by atoms with van der Waals surface area (Å²) in [7, 11) is 0. The fourth-order valence-corrected chi connectivity index (χ4v) is 3.85. The van der Waals surface area contributed by atoms with Crippen molar-refractivity contribution < 1.29 is 9.53 Å². The van der Waals surface area contributed by atoms with Crippen LogP contribution in [0.4, 0.5) is 0 Å². The van der Waals surface area contributed by atoms with Crippen molar-refractivity contribution >= 4 is 5.97 Å². The fourth-order valence-electron chi connectivity index (χ4n) is 3.85. The molecule has 0 aromatic rings. The molecule has 26 heavy (non-hydrogen) atoms. The number of rotatable bonds is 15. The Hall–Kier alpha value is -0.570. The number of esters is 1. The van der Waals surface area contributed by atoms with Gasteiger partial charge in [-0.25, -0.2) is 0 Å². The van der Waals surface area contributed by atoms with Crippen LogP contribution in [0.25, 0.3) is 0 Å². The zero-order valence-corrected chi connectivity index (χ0v) is 18.7. The molecule has 0 bridgehead atoms. The SMILES string of the molecule is CCCCCC(CCCCC)OC(=O)CCCCC(C)(N)CC(C)(C)C. The molecule has 0 rings (SSSR count). The van der Waals surface area contributed by atoms with Gasteiger partial charge in [-0.1, -0.05) is 66.7 Å². The Kier molecular flexibility index (Phi) is 13.3. The minimum Gasteiger partial charge on any atom is -0.462 e. The van der Waals surface area contributed by atoms with Crippen LogP contribution in [0, 0.1) is 5.41 Å². The van der Waals surface area contributed by atoms with Crippen LogP contribution in [0.5, 0.6) is 0 Å². The molecule has 3 heteroatoms. The van der Waals surface area contributed by atoms with Gasteiger partial charge in [-0.05, 0) is 57.3 Å². The molecule has 0 saturated carbocycles. The molecule has 3 nitrogen and oxygen atoms in total. The summed E-state index contributed by atoms with van der Waals surface area (Å²) >= 11 is 0. The van der Waals surface area contributed by atoms with Gasteiger partial charge < -0.3 is 10.5 Å². The average Bonchev–Trinajstić information content (AvgIpc) is 2.49. The highest BCUT2D eigenvalue weighted by molar-refractivity contribution is 5.69. The Bertz CT molecular complexity index is 348. The third-order valence-corrected chi connectivity index (χ3v) is 4.87. The first-order valence-electron chi connectivity index (χ1n) is 11.1. The smallest absolute Gasteiger partial charge is 0.306 e. The maximum atomic E-state index is 12.2. The minimum atomic E-state index is -0.148. The van der Waals surface area contributed by atoms with Crippen molar-refractivity contribution in [2.75, 3.05) is 0 Å². The lowest BCUT2D eigenvalue weighted by Gasteiger charge is -2.32. The first-order valence-corrected chi connectivity index (χ1v) is 11.1. The maximum Gasteiger partial charge on any atom is 0.306 e. The molecule has 0 heterocycles. The fraction of sp³-hybridized carbons (Fsp3) is 0.957. The van der Waals surface area contributed by atoms with Crippen LogP contribution in [-0.4, -0.2) is 17.6 Å². The molecular formula is C23H47NO2. The van der Waals surface area contributed by atoms with Crippen LogP contribution >= 0.6 is 0 Å². The third-order valence-electron chi connectivity index (χ3n) is 4.87. The summed E-state index contributed by atoms with van der Waals surface area (Å²) in [6.45, 7) is 13.2. The van der Waals surface area contributed by atoms with Gasteiger partial charge in [-0.15, -0.1) is 0 Å². The van der Waals surface area contributed by atoms with E-state index in [1.54, 1.807) is 0 Å². The standard InChI is InChI=1S/C23H47NO2/c1-7-9-11-15-20(16-12-10-8-2)26-21(25)17-13-14-18-23(6,24)19-22(3,4)5/h20H,7-19,24H2,1-6H3. The van der Waals surface area contributed by atoms with E-state index in [4.69, 9.17) is 10.5 Å². The number of hydrogen-bond acceptors (Lipinski definition) is 3. The van der Waals surface area contributed by atoms with Gasteiger partial charge in [0.2, 0.25) is 0 Å². The quantitative estimate of drug-likeness (QED) is 0.256. The third kappa shape index (κ3) is 15.7. The normalized spacial score (nSPS) is 14.5. The van der Waals surface area contributed by atoms with Gasteiger partial charge in [-0.2, -0.15) is 0 Å². The maximum absolute atomic E-state index is 12.2. The molecule has 0 fully saturated rings. The molecule has 0 spiro atoms. The minimum absolute atomic E-state index is 0.0162. The number of ether oxygens (including phenoxy) is 1. The predicted molar refractivity (Wildman–Crippen MR) is 113 cm³/mol. The first-order chi connectivity index (χ1) is 12.1. The van der Waals surface area contributed by atoms with Gasteiger partial charge in [0.1, 0.15) is 6.10 Å². The summed E-state index contributed by atoms with van der Waals surface area (Å²) in [5.74, 6) is -0.0162. The predicted octanol–water partition coefficient (Wildman–Crippen LogP) is 6.77. The zero-order chi connectivity index (χ0) is 20.1. The molecule has 0 aliphatic rings. The number of nitrogens with two attached hydrogens (primary N) is 1. The van der Waals surface area contributed by atoms with Crippen LogP contribution in [0.1, 0.15) is 125 Å². The Balaban J connectivity index is 4.13. The molecule has 2 N–H and O–H groups in total. The summed E-state index contributed by atoms with van der Waals surface area (Å²) in [6.07, 6.45) is 13.8. The molecule has 0 aliphatic carbocycles. The van der Waals surface area contributed by atoms with E-state index in [0.29, 0.717) is 6.42 Å². The molecule has 0 aromatic carbocycles. The lowest BCUT2D eigenvalue weighted by atomic mass is 9.79. The van der Waals surface area contributed by atoms with E-state index >= 15 is 0 Å². The molecule has 1 atom stereocenters. The van der Waals surface area contributed by atoms with E-state index in [-0.39, 0.29) is 23.0 Å². The van der Waals surface area contributed by atoms with Gasteiger partial charge in [0.15, 0.2) is 0 Å². The largest absolute Gasteiger partial charge is 0.462 e. The highest BCUT2D eigenvalue weighted by atomic mass is 16.5. The number of carbonyl (C=O) groups excluding carboxylic acids is 1. The lowest BCUT2D eigenvalue weighted by molar-refractivity contribution is -0.150. The van der Waals surface area contributed by atoms with E-state index in [0.717, 1.165) is 38.5 Å². The van der Waals surface area contributed by atoms with Crippen LogP contribution in [0.3, 0.4) is 0 Å². The molecule has 0 aromatic heterocycles. The van der Waals surface area contributed by atoms with Gasteiger partial charge in [0, 0.05) is 12.0 Å². The molecule has 156 valence electrons. The van der Waals surface area contributed by atoms with Gasteiger partial charge in [0.05, 0.1) is 0 Å². The molecular weight excluding hydrogens is 322 g/mol. The van der Waals surface area contributed by atoms with Gasteiger partial charge in [-0.3, -0.25) is 4.79 Å². The summed E-state index contributed by atoms with van der Waals surface area (Å²) in [5.41, 5.74) is 6.52. The lowest BCUT2D eigenvalue weighted by Crippen LogP contribution is -2.39. The van der Waals surface area contributed by atoms with E-state index < -0.39 is 0 Å². The molecule has 0 radical (unpaired) electrons. The van der Waals surface area contributed by atoms with Crippen LogP contribution in [0.15, 0.2) is 0 Å². The first kappa shape index (κ1) is 25.4. The number of hydrogen-bond donors (Lipinski definition) is 1. The van der Waals surface area contributed by atoms with E-state index in [9.17, 15) is 4.79 Å². The zero-order valence-electron chi connectivity index (χ0n) is 18.7. The number of unbranched alkanes of at least 4 members (excludes halogenated alkanes) is 5. The van der Waals surface area contributed by atoms with E-state index in [2.05, 4.69) is 41.5 Å². The second-order valence-corrected chi connectivity index (χ2v) is 9.70. The monoisotopic (exact) mass is 369 g/mol. The van der Waals surface area contributed by atoms with E-state index in [1.165, 1.54) is 38.5 Å². The van der Waals surface area contributed by atoms with Crippen molar-refractivity contribution in [2.24, 2.45) is 11.1 Å². The Morgan fingerprint density at radius 1 is 0.885 bits per heavy atom. The molecule has 1 unspecified atom stereocenters. The molecule has 0 aliphatic heterocycles. The van der Waals surface area contributed by atoms with Gasteiger partial charge >= 0.3 is 5.97 Å². The molecule has 0 amide bonds. The average molecular weight is 370 g/mol. The van der Waals surface area contributed by atoms with Crippen LogP contribution in [0.2, 0.25) is 0 Å².